The number of fused-ring (bicyclic) bond motifs is 3. The maximum Gasteiger partial charge on any atom is 0.420 e. The van der Waals surface area contributed by atoms with Crippen molar-refractivity contribution in [2.24, 2.45) is 0 Å². The van der Waals surface area contributed by atoms with Crippen LogP contribution < -0.4 is 10.6 Å². The molecule has 0 spiro atoms. The number of carboxylic acids is 1. The lowest BCUT2D eigenvalue weighted by Crippen LogP contribution is -2.65. The van der Waals surface area contributed by atoms with Crippen LogP contribution in [0.4, 0.5) is 18.0 Å². The number of benzene rings is 2. The molecule has 1 aliphatic carbocycles. The Morgan fingerprint density at radius 1 is 1.03 bits per heavy atom. The first-order valence-electron chi connectivity index (χ1n) is 10.3. The van der Waals surface area contributed by atoms with Crippen molar-refractivity contribution in [1.82, 2.24) is 10.6 Å². The fraction of sp³-hybridized carbons (Fsp3) is 0.348. The molecule has 0 radical (unpaired) electrons. The number of hydrogen-bond donors (Lipinski definition) is 4. The molecule has 3 rings (SSSR count). The molecule has 4 N–H and O–H groups in total. The summed E-state index contributed by atoms with van der Waals surface area (Å²) in [7, 11) is 0. The summed E-state index contributed by atoms with van der Waals surface area (Å²) in [6.07, 6.45) is -9.00. The normalized spacial score (nSPS) is 15.4. The van der Waals surface area contributed by atoms with Crippen LogP contribution in [0.1, 0.15) is 30.4 Å². The van der Waals surface area contributed by atoms with Crippen molar-refractivity contribution in [1.29, 1.82) is 0 Å². The minimum absolute atomic E-state index is 0.250. The van der Waals surface area contributed by atoms with Gasteiger partial charge in [-0.05, 0) is 29.2 Å². The molecule has 0 bridgehead atoms. The number of aliphatic carboxylic acids is 1. The van der Waals surface area contributed by atoms with E-state index in [1.165, 1.54) is 0 Å². The average molecular weight is 480 g/mol. The zero-order valence-corrected chi connectivity index (χ0v) is 18.1. The predicted molar refractivity (Wildman–Crippen MR) is 114 cm³/mol. The third kappa shape index (κ3) is 4.98. The fourth-order valence-corrected chi connectivity index (χ4v) is 3.72. The second-order valence-corrected chi connectivity index (χ2v) is 7.97. The SMILES string of the molecule is CC(NC(=O)OCC1c2ccccc2-c2ccccc21)(C(=O)NCC[C@H](O)C(=O)O)C(F)(F)F. The number of aliphatic hydroxyl groups is 1. The third-order valence-corrected chi connectivity index (χ3v) is 5.71. The van der Waals surface area contributed by atoms with E-state index in [9.17, 15) is 32.7 Å². The van der Waals surface area contributed by atoms with Gasteiger partial charge in [-0.25, -0.2) is 9.59 Å². The lowest BCUT2D eigenvalue weighted by Gasteiger charge is -2.31. The summed E-state index contributed by atoms with van der Waals surface area (Å²) in [5, 5.41) is 21.3. The molecule has 1 aliphatic rings. The van der Waals surface area contributed by atoms with E-state index < -0.39 is 48.8 Å². The van der Waals surface area contributed by atoms with Crippen LogP contribution in [-0.4, -0.2) is 59.2 Å². The van der Waals surface area contributed by atoms with Gasteiger partial charge in [0.15, 0.2) is 6.10 Å². The number of halogens is 3. The standard InChI is InChI=1S/C23H23F3N2O6/c1-22(23(24,25)26,20(32)27-11-10-18(29)19(30)31)28-21(33)34-12-17-15-8-4-2-6-13(15)14-7-3-5-9-16(14)17/h2-9,17-18,29H,10-12H2,1H3,(H,27,32)(H,28,33)(H,30,31)/t18-,22?/m0/s1. The van der Waals surface area contributed by atoms with Gasteiger partial charge in [0.25, 0.3) is 5.91 Å². The second kappa shape index (κ2) is 9.72. The molecule has 2 atom stereocenters. The molecule has 0 fully saturated rings. The Labute approximate surface area is 192 Å². The van der Waals surface area contributed by atoms with Gasteiger partial charge in [-0.15, -0.1) is 0 Å². The molecule has 11 heteroatoms. The largest absolute Gasteiger partial charge is 0.479 e. The Balaban J connectivity index is 1.68. The second-order valence-electron chi connectivity index (χ2n) is 7.97. The van der Waals surface area contributed by atoms with Crippen molar-refractivity contribution >= 4 is 18.0 Å². The van der Waals surface area contributed by atoms with E-state index in [1.54, 1.807) is 5.32 Å². The van der Waals surface area contributed by atoms with Crippen LogP contribution in [0.15, 0.2) is 48.5 Å². The molecule has 182 valence electrons. The quantitative estimate of drug-likeness (QED) is 0.461. The monoisotopic (exact) mass is 480 g/mol. The van der Waals surface area contributed by atoms with E-state index in [-0.39, 0.29) is 12.5 Å². The minimum Gasteiger partial charge on any atom is -0.479 e. The van der Waals surface area contributed by atoms with Crippen molar-refractivity contribution in [2.45, 2.75) is 37.1 Å². The van der Waals surface area contributed by atoms with Crippen LogP contribution in [0.25, 0.3) is 11.1 Å². The van der Waals surface area contributed by atoms with Gasteiger partial charge in [-0.1, -0.05) is 48.5 Å². The van der Waals surface area contributed by atoms with E-state index >= 15 is 0 Å². The lowest BCUT2D eigenvalue weighted by molar-refractivity contribution is -0.194. The molecule has 0 aliphatic heterocycles. The topological polar surface area (TPSA) is 125 Å². The number of carboxylic acid groups (broad SMARTS) is 1. The molecule has 34 heavy (non-hydrogen) atoms. The molecule has 0 heterocycles. The number of carbonyl (C=O) groups excluding carboxylic acids is 2. The van der Waals surface area contributed by atoms with Gasteiger partial charge in [0.05, 0.1) is 0 Å². The van der Waals surface area contributed by atoms with E-state index in [1.807, 2.05) is 53.8 Å². The van der Waals surface area contributed by atoms with E-state index in [0.29, 0.717) is 6.92 Å². The first-order valence-corrected chi connectivity index (χ1v) is 10.3. The number of hydrogen-bond acceptors (Lipinski definition) is 5. The summed E-state index contributed by atoms with van der Waals surface area (Å²) in [6.45, 7) is -0.331. The smallest absolute Gasteiger partial charge is 0.420 e. The van der Waals surface area contributed by atoms with Gasteiger partial charge in [0, 0.05) is 18.9 Å². The van der Waals surface area contributed by atoms with E-state index in [0.717, 1.165) is 22.3 Å². The van der Waals surface area contributed by atoms with E-state index in [2.05, 4.69) is 0 Å². The van der Waals surface area contributed by atoms with Gasteiger partial charge in [0.1, 0.15) is 6.61 Å². The zero-order valence-electron chi connectivity index (χ0n) is 18.1. The van der Waals surface area contributed by atoms with Crippen LogP contribution in [0.3, 0.4) is 0 Å². The van der Waals surface area contributed by atoms with Crippen molar-refractivity contribution in [2.75, 3.05) is 13.2 Å². The van der Waals surface area contributed by atoms with Crippen LogP contribution >= 0.6 is 0 Å². The summed E-state index contributed by atoms with van der Waals surface area (Å²) < 4.78 is 46.2. The molecule has 0 saturated heterocycles. The molecule has 2 amide bonds. The maximum atomic E-state index is 13.7. The highest BCUT2D eigenvalue weighted by Gasteiger charge is 2.58. The van der Waals surface area contributed by atoms with Crippen LogP contribution in [0, 0.1) is 0 Å². The maximum absolute atomic E-state index is 13.7. The molecular formula is C23H23F3N2O6. The highest BCUT2D eigenvalue weighted by atomic mass is 19.4. The van der Waals surface area contributed by atoms with Crippen LogP contribution in [0.2, 0.25) is 0 Å². The number of amides is 2. The Kier molecular flexibility index (Phi) is 7.15. The van der Waals surface area contributed by atoms with Crippen molar-refractivity contribution in [3.63, 3.8) is 0 Å². The zero-order chi connectivity index (χ0) is 25.1. The number of alkyl carbamates (subject to hydrolysis) is 1. The number of rotatable bonds is 8. The summed E-state index contributed by atoms with van der Waals surface area (Å²) in [5.41, 5.74) is 0.268. The molecule has 0 saturated carbocycles. The number of aliphatic hydroxyl groups excluding tert-OH is 1. The molecule has 8 nitrogen and oxygen atoms in total. The van der Waals surface area contributed by atoms with Gasteiger partial charge in [0.2, 0.25) is 5.54 Å². The number of carbonyl (C=O) groups is 3. The van der Waals surface area contributed by atoms with Crippen LogP contribution in [-0.2, 0) is 14.3 Å². The van der Waals surface area contributed by atoms with Gasteiger partial charge in [-0.3, -0.25) is 10.1 Å². The minimum atomic E-state index is -5.19. The summed E-state index contributed by atoms with van der Waals surface area (Å²) in [6, 6.07) is 14.8. The average Bonchev–Trinajstić information content (AvgIpc) is 3.10. The molecule has 1 unspecified atom stereocenters. The summed E-state index contributed by atoms with van der Waals surface area (Å²) >= 11 is 0. The number of alkyl halides is 3. The van der Waals surface area contributed by atoms with Gasteiger partial charge >= 0.3 is 18.2 Å². The van der Waals surface area contributed by atoms with Crippen LogP contribution in [0.5, 0.6) is 0 Å². The Bertz CT molecular complexity index is 1040. The lowest BCUT2D eigenvalue weighted by atomic mass is 9.98. The van der Waals surface area contributed by atoms with E-state index in [4.69, 9.17) is 9.84 Å². The molecule has 0 aromatic heterocycles. The van der Waals surface area contributed by atoms with Crippen molar-refractivity contribution in [3.8, 4) is 11.1 Å². The molecule has 2 aromatic rings. The Hall–Kier alpha value is -3.60. The summed E-state index contributed by atoms with van der Waals surface area (Å²) in [4.78, 5) is 35.2. The highest BCUT2D eigenvalue weighted by molar-refractivity contribution is 5.90. The number of nitrogens with one attached hydrogen (secondary N) is 2. The fourth-order valence-electron chi connectivity index (χ4n) is 3.72. The third-order valence-electron chi connectivity index (χ3n) is 5.71. The summed E-state index contributed by atoms with van der Waals surface area (Å²) in [5.74, 6) is -3.59. The van der Waals surface area contributed by atoms with Gasteiger partial charge in [-0.2, -0.15) is 13.2 Å². The Morgan fingerprint density at radius 2 is 1.56 bits per heavy atom. The predicted octanol–water partition coefficient (Wildman–Crippen LogP) is 2.80. The molecular weight excluding hydrogens is 457 g/mol. The Morgan fingerprint density at radius 3 is 2.06 bits per heavy atom. The first kappa shape index (κ1) is 25.0. The number of ether oxygens (including phenoxy) is 1. The van der Waals surface area contributed by atoms with Crippen molar-refractivity contribution in [3.05, 3.63) is 59.7 Å². The van der Waals surface area contributed by atoms with Gasteiger partial charge < -0.3 is 20.3 Å². The van der Waals surface area contributed by atoms with Crippen molar-refractivity contribution < 1.29 is 42.5 Å². The first-order chi connectivity index (χ1) is 16.0. The molecule has 2 aromatic carbocycles. The highest BCUT2D eigenvalue weighted by Crippen LogP contribution is 2.44.